The molecule has 2 fully saturated rings. The van der Waals surface area contributed by atoms with E-state index in [1.54, 1.807) is 0 Å². The summed E-state index contributed by atoms with van der Waals surface area (Å²) in [5.41, 5.74) is -0.0555. The Morgan fingerprint density at radius 2 is 1.77 bits per heavy atom. The summed E-state index contributed by atoms with van der Waals surface area (Å²) < 4.78 is 5.73. The van der Waals surface area contributed by atoms with Gasteiger partial charge in [0.2, 0.25) is 11.8 Å². The fraction of sp³-hybridized carbons (Fsp3) is 0.875. The van der Waals surface area contributed by atoms with Crippen LogP contribution in [0, 0.1) is 5.41 Å². The molecule has 0 spiro atoms. The molecule has 1 aromatic rings. The van der Waals surface area contributed by atoms with Crippen LogP contribution in [0.5, 0.6) is 0 Å². The number of hydrogen-bond donors (Lipinski definition) is 1. The minimum atomic E-state index is -0.281. The summed E-state index contributed by atoms with van der Waals surface area (Å²) in [6, 6.07) is 0. The molecule has 124 valence electrons. The zero-order chi connectivity index (χ0) is 15.7. The predicted molar refractivity (Wildman–Crippen MR) is 83.5 cm³/mol. The van der Waals surface area contributed by atoms with E-state index >= 15 is 0 Å². The van der Waals surface area contributed by atoms with Crippen LogP contribution in [0.15, 0.2) is 4.42 Å². The quantitative estimate of drug-likeness (QED) is 0.888. The number of aliphatic hydroxyl groups excluding tert-OH is 1. The Bertz CT molecular complexity index is 485. The highest BCUT2D eigenvalue weighted by molar-refractivity contribution is 5.00. The maximum Gasteiger partial charge on any atom is 0.230 e. The van der Waals surface area contributed by atoms with Gasteiger partial charge in [-0.3, -0.25) is 9.80 Å². The first-order chi connectivity index (χ1) is 10.4. The highest BCUT2D eigenvalue weighted by atomic mass is 16.4. The van der Waals surface area contributed by atoms with Crippen LogP contribution in [-0.4, -0.2) is 63.9 Å². The number of nitrogens with zero attached hydrogens (tertiary/aromatic N) is 4. The molecule has 22 heavy (non-hydrogen) atoms. The Morgan fingerprint density at radius 3 is 2.36 bits per heavy atom. The van der Waals surface area contributed by atoms with Crippen LogP contribution in [0.1, 0.15) is 51.3 Å². The van der Waals surface area contributed by atoms with Gasteiger partial charge in [-0.1, -0.05) is 20.8 Å². The van der Waals surface area contributed by atoms with E-state index in [0.717, 1.165) is 51.0 Å². The normalized spacial score (nSPS) is 22.9. The third-order valence-electron chi connectivity index (χ3n) is 4.66. The molecule has 1 aliphatic carbocycles. The molecular formula is C16H28N4O2. The summed E-state index contributed by atoms with van der Waals surface area (Å²) in [6.07, 6.45) is 2.10. The van der Waals surface area contributed by atoms with Gasteiger partial charge in [-0.05, 0) is 18.3 Å². The molecule has 1 aliphatic heterocycles. The van der Waals surface area contributed by atoms with Gasteiger partial charge < -0.3 is 9.52 Å². The van der Waals surface area contributed by atoms with Crippen molar-refractivity contribution >= 4 is 0 Å². The monoisotopic (exact) mass is 308 g/mol. The largest absolute Gasteiger partial charge is 0.424 e. The van der Waals surface area contributed by atoms with Gasteiger partial charge >= 0.3 is 0 Å². The van der Waals surface area contributed by atoms with Gasteiger partial charge in [-0.15, -0.1) is 10.2 Å². The Balaban J connectivity index is 1.43. The lowest BCUT2D eigenvalue weighted by Crippen LogP contribution is -2.49. The summed E-state index contributed by atoms with van der Waals surface area (Å²) in [4.78, 5) is 4.69. The predicted octanol–water partition coefficient (Wildman–Crippen LogP) is 1.47. The van der Waals surface area contributed by atoms with Crippen molar-refractivity contribution in [2.45, 2.75) is 52.2 Å². The van der Waals surface area contributed by atoms with Crippen molar-refractivity contribution in [3.8, 4) is 0 Å². The fourth-order valence-electron chi connectivity index (χ4n) is 2.67. The first kappa shape index (κ1) is 15.9. The molecule has 1 saturated carbocycles. The molecule has 1 saturated heterocycles. The van der Waals surface area contributed by atoms with Crippen molar-refractivity contribution in [1.29, 1.82) is 0 Å². The fourth-order valence-corrected chi connectivity index (χ4v) is 2.67. The van der Waals surface area contributed by atoms with Gasteiger partial charge in [-0.2, -0.15) is 0 Å². The van der Waals surface area contributed by atoms with Gasteiger partial charge in [0.25, 0.3) is 0 Å². The molecule has 6 heteroatoms. The summed E-state index contributed by atoms with van der Waals surface area (Å²) in [7, 11) is 0. The average Bonchev–Trinajstić information content (AvgIpc) is 3.21. The molecule has 0 radical (unpaired) electrons. The summed E-state index contributed by atoms with van der Waals surface area (Å²) >= 11 is 0. The second kappa shape index (κ2) is 6.26. The molecule has 3 rings (SSSR count). The maximum absolute atomic E-state index is 10.2. The second-order valence-corrected chi connectivity index (χ2v) is 7.77. The van der Waals surface area contributed by atoms with Gasteiger partial charge in [-0.25, -0.2) is 0 Å². The van der Waals surface area contributed by atoms with Crippen molar-refractivity contribution in [1.82, 2.24) is 20.0 Å². The molecule has 2 heterocycles. The Morgan fingerprint density at radius 1 is 1.14 bits per heavy atom. The van der Waals surface area contributed by atoms with E-state index in [1.807, 2.05) is 0 Å². The Hall–Kier alpha value is -0.980. The van der Waals surface area contributed by atoms with Crippen LogP contribution in [-0.2, 0) is 6.54 Å². The summed E-state index contributed by atoms with van der Waals surface area (Å²) in [5.74, 6) is 2.09. The Kier molecular flexibility index (Phi) is 4.52. The molecule has 6 nitrogen and oxygen atoms in total. The number of rotatable bonds is 5. The maximum atomic E-state index is 10.2. The topological polar surface area (TPSA) is 65.6 Å². The van der Waals surface area contributed by atoms with E-state index in [1.165, 1.54) is 12.8 Å². The van der Waals surface area contributed by atoms with E-state index in [9.17, 15) is 5.11 Å². The van der Waals surface area contributed by atoms with Crippen LogP contribution in [0.4, 0.5) is 0 Å². The first-order valence-electron chi connectivity index (χ1n) is 8.37. The minimum absolute atomic E-state index is 0.0555. The molecule has 0 amide bonds. The SMILES string of the molecule is CC(C)(C)C(O)CN1CCN(Cc2nnc(C3CC3)o2)CC1. The highest BCUT2D eigenvalue weighted by Crippen LogP contribution is 2.39. The van der Waals surface area contributed by atoms with Gasteiger partial charge in [0.1, 0.15) is 0 Å². The molecule has 0 aromatic carbocycles. The van der Waals surface area contributed by atoms with Gasteiger partial charge in [0.05, 0.1) is 12.6 Å². The van der Waals surface area contributed by atoms with Gasteiger partial charge in [0, 0.05) is 38.6 Å². The molecule has 1 atom stereocenters. The molecule has 1 unspecified atom stereocenters. The lowest BCUT2D eigenvalue weighted by molar-refractivity contribution is 0.0116. The number of aliphatic hydroxyl groups is 1. The molecule has 1 N–H and O–H groups in total. The highest BCUT2D eigenvalue weighted by Gasteiger charge is 2.30. The lowest BCUT2D eigenvalue weighted by atomic mass is 9.89. The third-order valence-corrected chi connectivity index (χ3v) is 4.66. The average molecular weight is 308 g/mol. The van der Waals surface area contributed by atoms with Crippen molar-refractivity contribution in [3.63, 3.8) is 0 Å². The van der Waals surface area contributed by atoms with Crippen LogP contribution in [0.3, 0.4) is 0 Å². The lowest BCUT2D eigenvalue weighted by Gasteiger charge is -2.37. The van der Waals surface area contributed by atoms with Crippen LogP contribution in [0.2, 0.25) is 0 Å². The number of β-amino-alcohol motifs (C(OH)–C–C–N with tert-alkyl or cyclic N) is 1. The molecule has 0 bridgehead atoms. The minimum Gasteiger partial charge on any atom is -0.424 e. The van der Waals surface area contributed by atoms with Crippen molar-refractivity contribution in [2.75, 3.05) is 32.7 Å². The second-order valence-electron chi connectivity index (χ2n) is 7.77. The molecule has 2 aliphatic rings. The number of aromatic nitrogens is 2. The van der Waals surface area contributed by atoms with E-state index in [2.05, 4.69) is 40.8 Å². The first-order valence-corrected chi connectivity index (χ1v) is 8.37. The van der Waals surface area contributed by atoms with Crippen LogP contribution in [0.25, 0.3) is 0 Å². The van der Waals surface area contributed by atoms with Crippen molar-refractivity contribution in [2.24, 2.45) is 5.41 Å². The summed E-state index contributed by atoms with van der Waals surface area (Å²) in [5, 5.41) is 18.5. The number of piperazine rings is 1. The van der Waals surface area contributed by atoms with E-state index in [0.29, 0.717) is 5.92 Å². The van der Waals surface area contributed by atoms with Crippen LogP contribution >= 0.6 is 0 Å². The van der Waals surface area contributed by atoms with Crippen molar-refractivity contribution < 1.29 is 9.52 Å². The van der Waals surface area contributed by atoms with E-state index in [-0.39, 0.29) is 11.5 Å². The zero-order valence-electron chi connectivity index (χ0n) is 14.0. The molecular weight excluding hydrogens is 280 g/mol. The van der Waals surface area contributed by atoms with Crippen molar-refractivity contribution in [3.05, 3.63) is 11.8 Å². The number of hydrogen-bond acceptors (Lipinski definition) is 6. The smallest absolute Gasteiger partial charge is 0.230 e. The zero-order valence-corrected chi connectivity index (χ0v) is 14.0. The van der Waals surface area contributed by atoms with E-state index in [4.69, 9.17) is 4.42 Å². The van der Waals surface area contributed by atoms with Gasteiger partial charge in [0.15, 0.2) is 0 Å². The Labute approximate surface area is 132 Å². The summed E-state index contributed by atoms with van der Waals surface area (Å²) in [6.45, 7) is 11.7. The van der Waals surface area contributed by atoms with E-state index < -0.39 is 0 Å². The third kappa shape index (κ3) is 4.06. The molecule has 1 aromatic heterocycles. The van der Waals surface area contributed by atoms with Crippen LogP contribution < -0.4 is 0 Å². The standard InChI is InChI=1S/C16H28N4O2/c1-16(2,3)13(21)10-19-6-8-20(9-7-19)11-14-17-18-15(22-14)12-4-5-12/h12-13,21H,4-11H2,1-3H3.